The third-order valence-electron chi connectivity index (χ3n) is 5.60. The average Bonchev–Trinajstić information content (AvgIpc) is 3.49. The maximum atomic E-state index is 13.1. The Bertz CT molecular complexity index is 1130. The molecular weight excluding hydrogens is 476 g/mol. The first kappa shape index (κ1) is 22.0. The van der Waals surface area contributed by atoms with Crippen LogP contribution in [0.4, 0.5) is 5.88 Å². The van der Waals surface area contributed by atoms with E-state index in [9.17, 15) is 10.1 Å². The Kier molecular flexibility index (Phi) is 6.51. The molecule has 0 atom stereocenters. The zero-order valence-electron chi connectivity index (χ0n) is 17.9. The molecule has 4 rings (SSSR count). The van der Waals surface area contributed by atoms with Crippen LogP contribution in [-0.4, -0.2) is 43.0 Å². The minimum absolute atomic E-state index is 0.0904. The van der Waals surface area contributed by atoms with E-state index in [1.54, 1.807) is 24.1 Å². The summed E-state index contributed by atoms with van der Waals surface area (Å²) < 4.78 is 17.5. The van der Waals surface area contributed by atoms with Gasteiger partial charge in [0.1, 0.15) is 11.8 Å². The van der Waals surface area contributed by atoms with Gasteiger partial charge in [0.2, 0.25) is 17.5 Å². The van der Waals surface area contributed by atoms with Crippen molar-refractivity contribution in [2.45, 2.75) is 19.4 Å². The molecule has 32 heavy (non-hydrogen) atoms. The van der Waals surface area contributed by atoms with Crippen molar-refractivity contribution in [3.8, 4) is 23.5 Å². The summed E-state index contributed by atoms with van der Waals surface area (Å²) in [5, 5.41) is 9.47. The SMILES string of the molecule is COc1ccc(Br)cc1CN(C)C(=O)C1CCN(c2oc(-c3ccco3)nc2C#N)CC1. The topological polar surface area (TPSA) is 95.7 Å². The van der Waals surface area contributed by atoms with E-state index in [1.165, 1.54) is 6.26 Å². The summed E-state index contributed by atoms with van der Waals surface area (Å²) in [4.78, 5) is 21.0. The number of carbonyl (C=O) groups is 1. The number of carbonyl (C=O) groups excluding carboxylic acids is 1. The second kappa shape index (κ2) is 9.49. The smallest absolute Gasteiger partial charge is 0.266 e. The Morgan fingerprint density at radius 3 is 2.81 bits per heavy atom. The van der Waals surface area contributed by atoms with E-state index in [0.717, 1.165) is 15.8 Å². The number of hydrogen-bond donors (Lipinski definition) is 0. The zero-order chi connectivity index (χ0) is 22.7. The minimum atomic E-state index is -0.0904. The van der Waals surface area contributed by atoms with Crippen molar-refractivity contribution in [3.05, 3.63) is 52.3 Å². The van der Waals surface area contributed by atoms with Crippen molar-refractivity contribution in [2.75, 3.05) is 32.1 Å². The third kappa shape index (κ3) is 4.50. The first-order valence-corrected chi connectivity index (χ1v) is 11.1. The molecule has 3 heterocycles. The number of nitriles is 1. The van der Waals surface area contributed by atoms with Crippen LogP contribution in [0.3, 0.4) is 0 Å². The maximum Gasteiger partial charge on any atom is 0.266 e. The fourth-order valence-corrected chi connectivity index (χ4v) is 4.36. The normalized spacial score (nSPS) is 14.2. The van der Waals surface area contributed by atoms with Gasteiger partial charge in [0.15, 0.2) is 5.76 Å². The highest BCUT2D eigenvalue weighted by Crippen LogP contribution is 2.32. The Labute approximate surface area is 194 Å². The van der Waals surface area contributed by atoms with Crippen molar-refractivity contribution in [2.24, 2.45) is 5.92 Å². The van der Waals surface area contributed by atoms with Gasteiger partial charge in [0.25, 0.3) is 5.89 Å². The molecule has 166 valence electrons. The van der Waals surface area contributed by atoms with Gasteiger partial charge in [-0.3, -0.25) is 4.79 Å². The van der Waals surface area contributed by atoms with E-state index in [1.807, 2.05) is 30.1 Å². The average molecular weight is 499 g/mol. The number of halogens is 1. The Morgan fingerprint density at radius 2 is 2.16 bits per heavy atom. The molecule has 0 bridgehead atoms. The summed E-state index contributed by atoms with van der Waals surface area (Å²) in [5.41, 5.74) is 1.17. The first-order chi connectivity index (χ1) is 15.5. The van der Waals surface area contributed by atoms with E-state index in [2.05, 4.69) is 27.0 Å². The number of amides is 1. The van der Waals surface area contributed by atoms with Gasteiger partial charge in [-0.15, -0.1) is 0 Å². The quantitative estimate of drug-likeness (QED) is 0.495. The van der Waals surface area contributed by atoms with Crippen LogP contribution in [0.15, 0.2) is 49.9 Å². The van der Waals surface area contributed by atoms with E-state index in [4.69, 9.17) is 13.6 Å². The van der Waals surface area contributed by atoms with Crippen LogP contribution in [0, 0.1) is 17.2 Å². The Morgan fingerprint density at radius 1 is 1.38 bits per heavy atom. The number of furan rings is 1. The van der Waals surface area contributed by atoms with Gasteiger partial charge in [0, 0.05) is 42.6 Å². The van der Waals surface area contributed by atoms with E-state index < -0.39 is 0 Å². The van der Waals surface area contributed by atoms with Crippen molar-refractivity contribution < 1.29 is 18.4 Å². The number of anilines is 1. The number of hydrogen-bond acceptors (Lipinski definition) is 7. The van der Waals surface area contributed by atoms with Gasteiger partial charge in [-0.25, -0.2) is 0 Å². The number of benzene rings is 1. The van der Waals surface area contributed by atoms with Gasteiger partial charge < -0.3 is 23.4 Å². The maximum absolute atomic E-state index is 13.1. The van der Waals surface area contributed by atoms with E-state index in [0.29, 0.717) is 44.1 Å². The highest BCUT2D eigenvalue weighted by atomic mass is 79.9. The molecule has 1 aliphatic heterocycles. The monoisotopic (exact) mass is 498 g/mol. The van der Waals surface area contributed by atoms with Gasteiger partial charge >= 0.3 is 0 Å². The van der Waals surface area contributed by atoms with Gasteiger partial charge in [0.05, 0.1) is 13.4 Å². The fraction of sp³-hybridized carbons (Fsp3) is 0.348. The molecule has 1 aliphatic rings. The molecule has 3 aromatic rings. The zero-order valence-corrected chi connectivity index (χ0v) is 19.5. The molecule has 2 aromatic heterocycles. The predicted molar refractivity (Wildman–Crippen MR) is 121 cm³/mol. The molecule has 0 saturated carbocycles. The van der Waals surface area contributed by atoms with Gasteiger partial charge in [-0.2, -0.15) is 10.2 Å². The number of nitrogens with zero attached hydrogens (tertiary/aromatic N) is 4. The molecule has 0 spiro atoms. The highest BCUT2D eigenvalue weighted by Gasteiger charge is 2.31. The summed E-state index contributed by atoms with van der Waals surface area (Å²) in [6, 6.07) is 11.3. The van der Waals surface area contributed by atoms with Crippen LogP contribution in [-0.2, 0) is 11.3 Å². The minimum Gasteiger partial charge on any atom is -0.496 e. The molecule has 1 amide bonds. The van der Waals surface area contributed by atoms with Crippen LogP contribution in [0.2, 0.25) is 0 Å². The standard InChI is InChI=1S/C23H23BrN4O4/c1-27(14-16-12-17(24)5-6-19(16)30-2)22(29)15-7-9-28(10-8-15)23-18(13-25)26-21(32-23)20-4-3-11-31-20/h3-6,11-12,15H,7-10,14H2,1-2H3. The fourth-order valence-electron chi connectivity index (χ4n) is 3.95. The number of methoxy groups -OCH3 is 1. The molecular formula is C23H23BrN4O4. The van der Waals surface area contributed by atoms with Crippen molar-refractivity contribution >= 4 is 27.7 Å². The first-order valence-electron chi connectivity index (χ1n) is 10.3. The summed E-state index contributed by atoms with van der Waals surface area (Å²) in [5.74, 6) is 1.94. The van der Waals surface area contributed by atoms with E-state index >= 15 is 0 Å². The van der Waals surface area contributed by atoms with Crippen LogP contribution in [0.25, 0.3) is 11.7 Å². The molecule has 1 fully saturated rings. The lowest BCUT2D eigenvalue weighted by Gasteiger charge is -2.33. The summed E-state index contributed by atoms with van der Waals surface area (Å²) in [6.45, 7) is 1.67. The molecule has 0 aliphatic carbocycles. The number of piperidine rings is 1. The third-order valence-corrected chi connectivity index (χ3v) is 6.10. The number of oxazole rings is 1. The Balaban J connectivity index is 1.40. The lowest BCUT2D eigenvalue weighted by Crippen LogP contribution is -2.41. The van der Waals surface area contributed by atoms with Crippen LogP contribution < -0.4 is 9.64 Å². The molecule has 1 saturated heterocycles. The molecule has 0 radical (unpaired) electrons. The van der Waals surface area contributed by atoms with Crippen molar-refractivity contribution in [3.63, 3.8) is 0 Å². The second-order valence-corrected chi connectivity index (χ2v) is 8.59. The Hall–Kier alpha value is -3.25. The van der Waals surface area contributed by atoms with Crippen LogP contribution in [0.1, 0.15) is 24.1 Å². The lowest BCUT2D eigenvalue weighted by atomic mass is 9.95. The van der Waals surface area contributed by atoms with Gasteiger partial charge in [-0.05, 0) is 43.2 Å². The molecule has 9 heteroatoms. The number of aromatic nitrogens is 1. The van der Waals surface area contributed by atoms with Crippen LogP contribution in [0.5, 0.6) is 5.75 Å². The largest absolute Gasteiger partial charge is 0.496 e. The summed E-state index contributed by atoms with van der Waals surface area (Å²) >= 11 is 3.48. The lowest BCUT2D eigenvalue weighted by molar-refractivity contribution is -0.135. The van der Waals surface area contributed by atoms with E-state index in [-0.39, 0.29) is 23.4 Å². The number of ether oxygens (including phenoxy) is 1. The second-order valence-electron chi connectivity index (χ2n) is 7.67. The highest BCUT2D eigenvalue weighted by molar-refractivity contribution is 9.10. The van der Waals surface area contributed by atoms with Crippen LogP contribution >= 0.6 is 15.9 Å². The summed E-state index contributed by atoms with van der Waals surface area (Å²) in [6.07, 6.45) is 2.86. The van der Waals surface area contributed by atoms with Crippen molar-refractivity contribution in [1.29, 1.82) is 5.26 Å². The van der Waals surface area contributed by atoms with Gasteiger partial charge in [-0.1, -0.05) is 15.9 Å². The van der Waals surface area contributed by atoms with Crippen molar-refractivity contribution in [1.82, 2.24) is 9.88 Å². The summed E-state index contributed by atoms with van der Waals surface area (Å²) in [7, 11) is 3.44. The molecule has 1 aromatic carbocycles. The molecule has 0 N–H and O–H groups in total. The molecule has 0 unspecified atom stereocenters. The molecule has 8 nitrogen and oxygen atoms in total. The predicted octanol–water partition coefficient (Wildman–Crippen LogP) is 4.45. The number of rotatable bonds is 6.